The molecule has 0 N–H and O–H groups in total. The lowest BCUT2D eigenvalue weighted by atomic mass is 10.2. The van der Waals surface area contributed by atoms with E-state index >= 15 is 0 Å². The number of halogens is 1. The van der Waals surface area contributed by atoms with Gasteiger partial charge in [-0.15, -0.1) is 0 Å². The molecule has 1 aromatic carbocycles. The quantitative estimate of drug-likeness (QED) is 0.752. The molecule has 0 fully saturated rings. The number of rotatable bonds is 1. The summed E-state index contributed by atoms with van der Waals surface area (Å²) in [5.41, 5.74) is 0.978. The van der Waals surface area contributed by atoms with Crippen LogP contribution in [0.2, 0.25) is 0 Å². The molecule has 2 nitrogen and oxygen atoms in total. The number of benzene rings is 1. The van der Waals surface area contributed by atoms with Crippen LogP contribution in [-0.2, 0) is 0 Å². The van der Waals surface area contributed by atoms with E-state index in [0.717, 1.165) is 20.2 Å². The lowest BCUT2D eigenvalue weighted by Gasteiger charge is -2.04. The zero-order valence-electron chi connectivity index (χ0n) is 7.12. The highest BCUT2D eigenvalue weighted by atomic mass is 127. The van der Waals surface area contributed by atoms with E-state index in [1.54, 1.807) is 13.3 Å². The van der Waals surface area contributed by atoms with Gasteiger partial charge in [-0.1, -0.05) is 0 Å². The molecule has 2 aromatic rings. The predicted octanol–water partition coefficient (Wildman–Crippen LogP) is 2.85. The molecule has 0 spiro atoms. The largest absolute Gasteiger partial charge is 0.496 e. The molecule has 0 saturated heterocycles. The fourth-order valence-electron chi connectivity index (χ4n) is 1.29. The maximum absolute atomic E-state index is 5.26. The van der Waals surface area contributed by atoms with Crippen LogP contribution in [-0.4, -0.2) is 12.1 Å². The van der Waals surface area contributed by atoms with Crippen LogP contribution in [0.3, 0.4) is 0 Å². The van der Waals surface area contributed by atoms with E-state index in [0.29, 0.717) is 0 Å². The molecule has 0 unspecified atom stereocenters. The molecule has 0 radical (unpaired) electrons. The maximum atomic E-state index is 5.26. The van der Waals surface area contributed by atoms with Gasteiger partial charge >= 0.3 is 0 Å². The monoisotopic (exact) mass is 285 g/mol. The third kappa shape index (κ3) is 1.60. The Morgan fingerprint density at radius 3 is 3.00 bits per heavy atom. The third-order valence-corrected chi connectivity index (χ3v) is 2.49. The van der Waals surface area contributed by atoms with E-state index in [1.807, 2.05) is 24.3 Å². The van der Waals surface area contributed by atoms with Crippen LogP contribution in [0.5, 0.6) is 5.75 Å². The van der Waals surface area contributed by atoms with Crippen molar-refractivity contribution in [2.45, 2.75) is 0 Å². The van der Waals surface area contributed by atoms with Crippen molar-refractivity contribution in [1.29, 1.82) is 0 Å². The van der Waals surface area contributed by atoms with E-state index in [-0.39, 0.29) is 0 Å². The van der Waals surface area contributed by atoms with Gasteiger partial charge in [0.25, 0.3) is 0 Å². The van der Waals surface area contributed by atoms with Crippen LogP contribution >= 0.6 is 22.6 Å². The molecule has 0 saturated carbocycles. The Morgan fingerprint density at radius 2 is 2.23 bits per heavy atom. The number of nitrogens with zero attached hydrogens (tertiary/aromatic N) is 1. The first-order valence-corrected chi connectivity index (χ1v) is 4.97. The molecular formula is C10H8INO. The standard InChI is InChI=1S/C10H8INO/c1-13-10-6-7(11)5-9-8(10)3-2-4-12-9/h2-6H,1H3. The van der Waals surface area contributed by atoms with Gasteiger partial charge in [-0.3, -0.25) is 4.98 Å². The van der Waals surface area contributed by atoms with Crippen LogP contribution < -0.4 is 4.74 Å². The topological polar surface area (TPSA) is 22.1 Å². The summed E-state index contributed by atoms with van der Waals surface area (Å²) in [6.07, 6.45) is 1.79. The fourth-order valence-corrected chi connectivity index (χ4v) is 1.86. The number of fused-ring (bicyclic) bond motifs is 1. The summed E-state index contributed by atoms with van der Waals surface area (Å²) in [6.45, 7) is 0. The molecule has 1 aromatic heterocycles. The Hall–Kier alpha value is -0.840. The van der Waals surface area contributed by atoms with Gasteiger partial charge in [0.2, 0.25) is 0 Å². The van der Waals surface area contributed by atoms with Gasteiger partial charge in [-0.05, 0) is 46.9 Å². The summed E-state index contributed by atoms with van der Waals surface area (Å²) in [6, 6.07) is 7.97. The molecule has 3 heteroatoms. The smallest absolute Gasteiger partial charge is 0.129 e. The number of hydrogen-bond donors (Lipinski definition) is 0. The highest BCUT2D eigenvalue weighted by Crippen LogP contribution is 2.26. The van der Waals surface area contributed by atoms with Crippen molar-refractivity contribution in [2.24, 2.45) is 0 Å². The number of methoxy groups -OCH3 is 1. The summed E-state index contributed by atoms with van der Waals surface area (Å²) < 4.78 is 6.40. The summed E-state index contributed by atoms with van der Waals surface area (Å²) in [5.74, 6) is 0.884. The van der Waals surface area contributed by atoms with Crippen LogP contribution in [0.1, 0.15) is 0 Å². The summed E-state index contributed by atoms with van der Waals surface area (Å²) in [7, 11) is 1.68. The SMILES string of the molecule is COc1cc(I)cc2ncccc12. The van der Waals surface area contributed by atoms with E-state index in [9.17, 15) is 0 Å². The zero-order valence-corrected chi connectivity index (χ0v) is 9.28. The van der Waals surface area contributed by atoms with E-state index in [4.69, 9.17) is 4.74 Å². The van der Waals surface area contributed by atoms with Gasteiger partial charge < -0.3 is 4.74 Å². The van der Waals surface area contributed by atoms with E-state index < -0.39 is 0 Å². The third-order valence-electron chi connectivity index (χ3n) is 1.87. The van der Waals surface area contributed by atoms with E-state index in [1.165, 1.54) is 0 Å². The molecular weight excluding hydrogens is 277 g/mol. The highest BCUT2D eigenvalue weighted by molar-refractivity contribution is 14.1. The van der Waals surface area contributed by atoms with Crippen LogP contribution in [0, 0.1) is 3.57 Å². The van der Waals surface area contributed by atoms with Gasteiger partial charge in [-0.25, -0.2) is 0 Å². The lowest BCUT2D eigenvalue weighted by Crippen LogP contribution is -1.87. The number of hydrogen-bond acceptors (Lipinski definition) is 2. The Bertz CT molecular complexity index is 442. The fraction of sp³-hybridized carbons (Fsp3) is 0.100. The van der Waals surface area contributed by atoms with Crippen molar-refractivity contribution >= 4 is 33.5 Å². The second-order valence-electron chi connectivity index (χ2n) is 2.68. The van der Waals surface area contributed by atoms with Crippen molar-refractivity contribution in [3.63, 3.8) is 0 Å². The number of aromatic nitrogens is 1. The van der Waals surface area contributed by atoms with Gasteiger partial charge in [-0.2, -0.15) is 0 Å². The van der Waals surface area contributed by atoms with Crippen molar-refractivity contribution < 1.29 is 4.74 Å². The average molecular weight is 285 g/mol. The minimum Gasteiger partial charge on any atom is -0.496 e. The Kier molecular flexibility index (Phi) is 2.35. The highest BCUT2D eigenvalue weighted by Gasteiger charge is 2.02. The maximum Gasteiger partial charge on any atom is 0.129 e. The van der Waals surface area contributed by atoms with Crippen molar-refractivity contribution in [1.82, 2.24) is 4.98 Å². The number of ether oxygens (including phenoxy) is 1. The second kappa shape index (κ2) is 3.49. The predicted molar refractivity (Wildman–Crippen MR) is 61.0 cm³/mol. The minimum absolute atomic E-state index is 0.884. The Balaban J connectivity index is 2.81. The van der Waals surface area contributed by atoms with Crippen molar-refractivity contribution in [3.8, 4) is 5.75 Å². The zero-order chi connectivity index (χ0) is 9.26. The van der Waals surface area contributed by atoms with Gasteiger partial charge in [0, 0.05) is 15.2 Å². The Morgan fingerprint density at radius 1 is 1.38 bits per heavy atom. The van der Waals surface area contributed by atoms with Gasteiger partial charge in [0.15, 0.2) is 0 Å². The van der Waals surface area contributed by atoms with Crippen LogP contribution in [0.4, 0.5) is 0 Å². The van der Waals surface area contributed by atoms with E-state index in [2.05, 4.69) is 27.6 Å². The molecule has 0 bridgehead atoms. The molecule has 0 aliphatic heterocycles. The molecule has 0 aliphatic rings. The van der Waals surface area contributed by atoms with Gasteiger partial charge in [0.1, 0.15) is 5.75 Å². The minimum atomic E-state index is 0.884. The first-order valence-electron chi connectivity index (χ1n) is 3.89. The molecule has 13 heavy (non-hydrogen) atoms. The van der Waals surface area contributed by atoms with Crippen molar-refractivity contribution in [2.75, 3.05) is 7.11 Å². The normalized spacial score (nSPS) is 10.3. The van der Waals surface area contributed by atoms with Crippen molar-refractivity contribution in [3.05, 3.63) is 34.0 Å². The summed E-state index contributed by atoms with van der Waals surface area (Å²) in [4.78, 5) is 4.27. The first-order chi connectivity index (χ1) is 6.31. The first kappa shape index (κ1) is 8.74. The molecule has 1 heterocycles. The van der Waals surface area contributed by atoms with Gasteiger partial charge in [0.05, 0.1) is 12.6 Å². The second-order valence-corrected chi connectivity index (χ2v) is 3.92. The van der Waals surface area contributed by atoms with Crippen LogP contribution in [0.15, 0.2) is 30.5 Å². The summed E-state index contributed by atoms with van der Waals surface area (Å²) >= 11 is 2.26. The summed E-state index contributed by atoms with van der Waals surface area (Å²) in [5, 5.41) is 1.06. The molecule has 0 atom stereocenters. The number of pyridine rings is 1. The molecule has 0 amide bonds. The lowest BCUT2D eigenvalue weighted by molar-refractivity contribution is 0.419. The molecule has 2 rings (SSSR count). The Labute approximate surface area is 90.1 Å². The van der Waals surface area contributed by atoms with Crippen LogP contribution in [0.25, 0.3) is 10.9 Å². The molecule has 0 aliphatic carbocycles. The molecule has 66 valence electrons. The average Bonchev–Trinajstić information content (AvgIpc) is 2.16.